The van der Waals surface area contributed by atoms with Crippen LogP contribution < -0.4 is 33.2 Å². The molecule has 8 rings (SSSR count). The number of primary amides is 2. The normalized spacial score (nSPS) is 28.3. The number of carboxylic acid groups (broad SMARTS) is 1. The minimum Gasteiger partial charge on any atom is -0.480 e. The molecule has 8 fully saturated rings. The van der Waals surface area contributed by atoms with Gasteiger partial charge in [0.2, 0.25) is 29.5 Å². The Morgan fingerprint density at radius 3 is 1.19 bits per heavy atom. The number of rotatable bonds is 15. The van der Waals surface area contributed by atoms with Crippen LogP contribution in [0.5, 0.6) is 0 Å². The lowest BCUT2D eigenvalue weighted by Gasteiger charge is -2.37. The predicted octanol–water partition coefficient (Wildman–Crippen LogP) is 6.40. The van der Waals surface area contributed by atoms with Crippen molar-refractivity contribution in [3.05, 3.63) is 0 Å². The van der Waals surface area contributed by atoms with E-state index in [0.29, 0.717) is 50.6 Å². The van der Waals surface area contributed by atoms with Crippen molar-refractivity contribution in [3.8, 4) is 0 Å². The third kappa shape index (κ3) is 13.0. The van der Waals surface area contributed by atoms with E-state index >= 15 is 0 Å². The Bertz CT molecular complexity index is 2460. The maximum Gasteiger partial charge on any atom is 0.408 e. The number of likely N-dealkylation sites (tertiary alicyclic amines) is 2. The largest absolute Gasteiger partial charge is 0.480 e. The zero-order valence-electron chi connectivity index (χ0n) is 53.1. The number of hydrogen-bond acceptors (Lipinski definition) is 13. The molecule has 472 valence electrons. The highest BCUT2D eigenvalue weighted by Gasteiger charge is 2.86. The van der Waals surface area contributed by atoms with Crippen LogP contribution in [0.2, 0.25) is 0 Å². The summed E-state index contributed by atoms with van der Waals surface area (Å²) < 4.78 is 10.8. The summed E-state index contributed by atoms with van der Waals surface area (Å²) in [6.07, 6.45) is 11.4. The molecule has 8 aliphatic rings. The first-order valence-electron chi connectivity index (χ1n) is 30.7. The highest BCUT2D eigenvalue weighted by Crippen LogP contribution is 2.89. The maximum atomic E-state index is 14.4. The van der Waals surface area contributed by atoms with E-state index in [2.05, 4.69) is 43.6 Å². The van der Waals surface area contributed by atoms with Crippen molar-refractivity contribution in [2.75, 3.05) is 13.1 Å². The van der Waals surface area contributed by atoms with Crippen molar-refractivity contribution >= 4 is 47.7 Å². The Morgan fingerprint density at radius 2 is 0.904 bits per heavy atom. The van der Waals surface area contributed by atoms with Gasteiger partial charge in [-0.25, -0.2) is 14.4 Å². The molecule has 7 amide bonds. The number of aliphatic carboxylic acids is 1. The molecule has 2 aliphatic heterocycles. The lowest BCUT2D eigenvalue weighted by molar-refractivity contribution is -0.150. The van der Waals surface area contributed by atoms with E-state index in [0.717, 1.165) is 51.4 Å². The summed E-state index contributed by atoms with van der Waals surface area (Å²) in [7, 11) is 0. The van der Waals surface area contributed by atoms with Crippen LogP contribution in [-0.4, -0.2) is 146 Å². The third-order valence-corrected chi connectivity index (χ3v) is 21.7. The molecule has 6 aliphatic carbocycles. The van der Waals surface area contributed by atoms with E-state index in [1.807, 2.05) is 41.5 Å². The minimum absolute atomic E-state index is 0.0246. The Morgan fingerprint density at radius 1 is 0.542 bits per heavy atom. The van der Waals surface area contributed by atoms with Gasteiger partial charge in [-0.1, -0.05) is 121 Å². The molecule has 0 aromatic heterocycles. The van der Waals surface area contributed by atoms with Crippen LogP contribution in [0.25, 0.3) is 0 Å². The van der Waals surface area contributed by atoms with Crippen molar-refractivity contribution in [1.29, 1.82) is 0 Å². The molecule has 4 unspecified atom stereocenters. The van der Waals surface area contributed by atoms with Gasteiger partial charge in [0.15, 0.2) is 6.10 Å². The number of carboxylic acids is 1. The number of ether oxygens (including phenoxy) is 2. The number of aliphatic hydroxyl groups excluding tert-OH is 2. The Balaban J connectivity index is 0.000000229. The molecule has 21 heteroatoms. The number of nitrogens with two attached hydrogens (primary N) is 3. The highest BCUT2D eigenvalue weighted by molar-refractivity contribution is 5.94. The monoisotopic (exact) mass is 1170 g/mol. The zero-order valence-corrected chi connectivity index (χ0v) is 53.1. The average Bonchev–Trinajstić information content (AvgIpc) is 1.51. The van der Waals surface area contributed by atoms with Gasteiger partial charge in [0.25, 0.3) is 0 Å². The van der Waals surface area contributed by atoms with E-state index in [9.17, 15) is 48.6 Å². The van der Waals surface area contributed by atoms with Crippen LogP contribution in [0.1, 0.15) is 214 Å². The first-order chi connectivity index (χ1) is 37.9. The summed E-state index contributed by atoms with van der Waals surface area (Å²) >= 11 is 0. The number of nitrogens with zero attached hydrogens (tertiary/aromatic N) is 2. The van der Waals surface area contributed by atoms with Crippen LogP contribution in [0.3, 0.4) is 0 Å². The number of amides is 7. The van der Waals surface area contributed by atoms with Gasteiger partial charge >= 0.3 is 18.2 Å². The Kier molecular flexibility index (Phi) is 19.1. The van der Waals surface area contributed by atoms with Gasteiger partial charge in [0.05, 0.1) is 6.04 Å². The van der Waals surface area contributed by atoms with Crippen molar-refractivity contribution in [1.82, 2.24) is 25.8 Å². The van der Waals surface area contributed by atoms with Gasteiger partial charge in [0, 0.05) is 30.0 Å². The van der Waals surface area contributed by atoms with Gasteiger partial charge in [-0.05, 0) is 137 Å². The van der Waals surface area contributed by atoms with E-state index < -0.39 is 100 Å². The Hall–Kier alpha value is -4.76. The number of alkyl carbamates (subject to hydrolysis) is 2. The Labute approximate surface area is 493 Å². The minimum atomic E-state index is -1.51. The fourth-order valence-electron chi connectivity index (χ4n) is 15.9. The van der Waals surface area contributed by atoms with E-state index in [4.69, 9.17) is 31.8 Å². The zero-order chi connectivity index (χ0) is 62.8. The number of fused-ring (bicyclic) bond motifs is 2. The van der Waals surface area contributed by atoms with E-state index in [1.54, 1.807) is 46.4 Å². The smallest absolute Gasteiger partial charge is 0.408 e. The molecule has 0 aromatic carbocycles. The van der Waals surface area contributed by atoms with Crippen molar-refractivity contribution in [3.63, 3.8) is 0 Å². The number of carbonyl (C=O) groups is 8. The highest BCUT2D eigenvalue weighted by atomic mass is 16.6. The quantitative estimate of drug-likeness (QED) is 0.0857. The van der Waals surface area contributed by atoms with Gasteiger partial charge in [-0.15, -0.1) is 0 Å². The second kappa shape index (κ2) is 23.5. The molecule has 12 N–H and O–H groups in total. The van der Waals surface area contributed by atoms with Crippen LogP contribution in [0, 0.1) is 55.2 Å². The van der Waals surface area contributed by atoms with Crippen LogP contribution in [-0.2, 0) is 38.2 Å². The molecule has 0 radical (unpaired) electrons. The van der Waals surface area contributed by atoms with Gasteiger partial charge in [-0.3, -0.25) is 24.0 Å². The van der Waals surface area contributed by atoms with Gasteiger partial charge in [-0.2, -0.15) is 0 Å². The molecule has 0 bridgehead atoms. The average molecular weight is 1170 g/mol. The standard InChI is InChI=1S/C31H52N4O6.C23H38N2O5.C8H16N2O2/c1-27(2,3)22(34-26(40)41-28(4,5)6)25(39)35-17-31(29(7,8)30(31)13-10-14-30)16-20(35)24(38)33-19(21(36)23(32)37)15-18-11-9-12-18;1-19(2,3)15(24-18(29)30-20(4,5)6)16(26)25-13-23(12-14(25)17(27)28)21(7,8)22(23)10-9-11-22;9-6(7(11)8(10)12)4-5-2-1-3-5/h18-22,36H,9-17H2,1-8H3,(H2,32,37)(H,33,38)(H,34,40);14-15H,9-13H2,1-8H3,(H,24,29)(H,27,28);5-7,11H,1-4,9H2,(H2,10,12)/t19?,20-,21?,22+,31+;14-,15+,23+;/m00./s1. The maximum absolute atomic E-state index is 14.4. The fourth-order valence-corrected chi connectivity index (χ4v) is 15.9. The molecular weight excluding hydrogens is 1060 g/mol. The van der Waals surface area contributed by atoms with Crippen molar-refractivity contribution in [2.24, 2.45) is 72.4 Å². The first-order valence-corrected chi connectivity index (χ1v) is 30.7. The van der Waals surface area contributed by atoms with Crippen LogP contribution in [0.15, 0.2) is 0 Å². The summed E-state index contributed by atoms with van der Waals surface area (Å²) in [6.45, 7) is 31.6. The molecule has 2 saturated heterocycles. The van der Waals surface area contributed by atoms with Crippen molar-refractivity contribution in [2.45, 2.75) is 273 Å². The molecular formula is C62H106N8O13. The lowest BCUT2D eigenvalue weighted by Crippen LogP contribution is -2.59. The fraction of sp³-hybridized carbons (Fsp3) is 0.871. The summed E-state index contributed by atoms with van der Waals surface area (Å²) in [6, 6.07) is -4.75. The van der Waals surface area contributed by atoms with Crippen LogP contribution in [0.4, 0.5) is 9.59 Å². The van der Waals surface area contributed by atoms with Gasteiger partial charge < -0.3 is 67.7 Å². The molecule has 21 nitrogen and oxygen atoms in total. The second-order valence-corrected chi connectivity index (χ2v) is 31.4. The number of hydrogen-bond donors (Lipinski definition) is 9. The molecule has 6 saturated carbocycles. The number of aliphatic hydroxyl groups is 2. The second-order valence-electron chi connectivity index (χ2n) is 31.4. The molecule has 10 atom stereocenters. The lowest BCUT2D eigenvalue weighted by atomic mass is 9.73. The number of nitrogens with one attached hydrogen (secondary N) is 3. The molecule has 4 spiro atoms. The van der Waals surface area contributed by atoms with Crippen molar-refractivity contribution < 1.29 is 63.1 Å². The van der Waals surface area contributed by atoms with Crippen LogP contribution >= 0.6 is 0 Å². The predicted molar refractivity (Wildman–Crippen MR) is 312 cm³/mol. The number of carbonyl (C=O) groups excluding carboxylic acids is 7. The first kappa shape index (κ1) is 67.4. The summed E-state index contributed by atoms with van der Waals surface area (Å²) in [4.78, 5) is 105. The summed E-state index contributed by atoms with van der Waals surface area (Å²) in [5.41, 5.74) is 13.1. The molecule has 0 aromatic rings. The molecule has 2 heterocycles. The summed E-state index contributed by atoms with van der Waals surface area (Å²) in [5, 5.41) is 38.2. The topological polar surface area (TPSA) is 336 Å². The summed E-state index contributed by atoms with van der Waals surface area (Å²) in [5.74, 6) is -2.72. The van der Waals surface area contributed by atoms with E-state index in [1.165, 1.54) is 30.6 Å². The SMILES string of the molecule is CC(C)(C)OC(=O)N[C@H](C(=O)N1C[C@]2(C[C@H]1C(=O)NC(CC1CCC1)C(O)C(N)=O)C(C)(C)C21CCC1)C(C)(C)C.CC(C)(C)OC(=O)N[C@H](C(=O)N1C[C@]2(C[C@H]1C(=O)O)C(C)(C)C21CCC1)C(C)(C)C.NC(=O)C(O)C(N)CC1CCC1. The third-order valence-electron chi connectivity index (χ3n) is 21.7. The van der Waals surface area contributed by atoms with E-state index in [-0.39, 0.29) is 50.2 Å². The van der Waals surface area contributed by atoms with Gasteiger partial charge in [0.1, 0.15) is 41.5 Å². The molecule has 83 heavy (non-hydrogen) atoms.